The monoisotopic (exact) mass is 607 g/mol. The first-order valence-electron chi connectivity index (χ1n) is 13.5. The van der Waals surface area contributed by atoms with Gasteiger partial charge in [0.05, 0.1) is 27.5 Å². The molecule has 1 spiro atoms. The average Bonchev–Trinajstić information content (AvgIpc) is 3.37. The fourth-order valence-corrected chi connectivity index (χ4v) is 7.70. The Balaban J connectivity index is 1.09. The second kappa shape index (κ2) is 11.9. The number of sulfonamides is 1. The maximum absolute atomic E-state index is 13.5. The van der Waals surface area contributed by atoms with Crippen molar-refractivity contribution in [2.24, 2.45) is 0 Å². The van der Waals surface area contributed by atoms with Crippen molar-refractivity contribution >= 4 is 30.8 Å². The zero-order valence-corrected chi connectivity index (χ0v) is 24.3. The predicted octanol–water partition coefficient (Wildman–Crippen LogP) is 2.67. The van der Waals surface area contributed by atoms with E-state index in [1.54, 1.807) is 36.5 Å². The quantitative estimate of drug-likeness (QED) is 0.357. The van der Waals surface area contributed by atoms with Crippen LogP contribution in [0.1, 0.15) is 26.2 Å². The maximum Gasteiger partial charge on any atom is 0.243 e. The lowest BCUT2D eigenvalue weighted by Crippen LogP contribution is -2.47. The Bertz CT molecular complexity index is 1590. The SMILES string of the molecule is CC(F)S(=O)(=O)c1cccc(OC[C@@H](O)CNC2COC3(CCN(S(=O)(=O)c4ccc5ncccc5c4)CC3)C2)c1. The smallest absolute Gasteiger partial charge is 0.243 e. The lowest BCUT2D eigenvalue weighted by molar-refractivity contribution is -0.0312. The first-order valence-corrected chi connectivity index (χ1v) is 16.5. The number of alkyl halides is 1. The lowest BCUT2D eigenvalue weighted by atomic mass is 9.88. The molecule has 222 valence electrons. The van der Waals surface area contributed by atoms with Crippen LogP contribution in [-0.2, 0) is 24.6 Å². The maximum atomic E-state index is 13.5. The van der Waals surface area contributed by atoms with Crippen LogP contribution < -0.4 is 10.1 Å². The standard InChI is InChI=1S/C28H34FN3O7S2/c1-20(29)40(34,35)25-6-2-5-24(15-25)38-19-23(33)17-31-22-16-28(39-18-22)9-12-32(13-10-28)41(36,37)26-7-8-27-21(14-26)4-3-11-30-27/h2-8,11,14-15,20,22-23,31,33H,9-10,12-13,16-19H2,1H3/t20?,22?,23-/m0/s1. The van der Waals surface area contributed by atoms with Gasteiger partial charge in [-0.1, -0.05) is 12.1 Å². The number of halogens is 1. The van der Waals surface area contributed by atoms with Gasteiger partial charge in [-0.05, 0) is 68.7 Å². The zero-order chi connectivity index (χ0) is 29.3. The Morgan fingerprint density at radius 1 is 1.12 bits per heavy atom. The molecule has 10 nitrogen and oxygen atoms in total. The van der Waals surface area contributed by atoms with Crippen molar-refractivity contribution < 1.29 is 35.8 Å². The molecular formula is C28H34FN3O7S2. The van der Waals surface area contributed by atoms with Gasteiger partial charge in [0.2, 0.25) is 25.4 Å². The van der Waals surface area contributed by atoms with E-state index in [1.807, 2.05) is 6.07 Å². The van der Waals surface area contributed by atoms with E-state index < -0.39 is 37.1 Å². The molecule has 2 aliphatic rings. The highest BCUT2D eigenvalue weighted by atomic mass is 32.2. The molecule has 2 saturated heterocycles. The first kappa shape index (κ1) is 29.8. The number of nitrogens with zero attached hydrogens (tertiary/aromatic N) is 2. The summed E-state index contributed by atoms with van der Waals surface area (Å²) in [5, 5.41) is 14.5. The van der Waals surface area contributed by atoms with Gasteiger partial charge in [-0.15, -0.1) is 0 Å². The van der Waals surface area contributed by atoms with Crippen molar-refractivity contribution in [2.75, 3.05) is 32.8 Å². The van der Waals surface area contributed by atoms with Crippen molar-refractivity contribution in [3.8, 4) is 5.75 Å². The molecule has 0 amide bonds. The summed E-state index contributed by atoms with van der Waals surface area (Å²) >= 11 is 0. The van der Waals surface area contributed by atoms with Gasteiger partial charge in [-0.25, -0.2) is 21.2 Å². The molecule has 2 aromatic carbocycles. The first-order chi connectivity index (χ1) is 19.5. The van der Waals surface area contributed by atoms with Gasteiger partial charge in [0.1, 0.15) is 18.5 Å². The molecule has 0 bridgehead atoms. The number of sulfone groups is 1. The minimum Gasteiger partial charge on any atom is -0.491 e. The summed E-state index contributed by atoms with van der Waals surface area (Å²) in [6.45, 7) is 2.25. The van der Waals surface area contributed by atoms with Crippen molar-refractivity contribution in [3.05, 3.63) is 60.8 Å². The number of aromatic nitrogens is 1. The average molecular weight is 608 g/mol. The fourth-order valence-electron chi connectivity index (χ4n) is 5.30. The van der Waals surface area contributed by atoms with Crippen molar-refractivity contribution in [1.82, 2.24) is 14.6 Å². The third-order valence-corrected chi connectivity index (χ3v) is 11.4. The second-order valence-corrected chi connectivity index (χ2v) is 14.7. The summed E-state index contributed by atoms with van der Waals surface area (Å²) in [6, 6.07) is 14.1. The van der Waals surface area contributed by atoms with Crippen LogP contribution in [0.15, 0.2) is 70.6 Å². The number of nitrogens with one attached hydrogen (secondary N) is 1. The molecule has 2 aliphatic heterocycles. The third kappa shape index (κ3) is 6.55. The van der Waals surface area contributed by atoms with Crippen LogP contribution in [0.4, 0.5) is 4.39 Å². The van der Waals surface area contributed by atoms with E-state index in [-0.39, 0.29) is 34.7 Å². The molecule has 0 saturated carbocycles. The Morgan fingerprint density at radius 3 is 2.66 bits per heavy atom. The molecule has 1 aromatic heterocycles. The van der Waals surface area contributed by atoms with Crippen LogP contribution >= 0.6 is 0 Å². The van der Waals surface area contributed by atoms with Gasteiger partial charge in [0, 0.05) is 37.3 Å². The highest BCUT2D eigenvalue weighted by molar-refractivity contribution is 7.91. The van der Waals surface area contributed by atoms with E-state index >= 15 is 0 Å². The van der Waals surface area contributed by atoms with Crippen molar-refractivity contribution in [3.63, 3.8) is 0 Å². The number of ether oxygens (including phenoxy) is 2. The van der Waals surface area contributed by atoms with Gasteiger partial charge < -0.3 is 19.9 Å². The number of aliphatic hydroxyl groups is 1. The largest absolute Gasteiger partial charge is 0.491 e. The van der Waals surface area contributed by atoms with E-state index in [2.05, 4.69) is 10.3 Å². The van der Waals surface area contributed by atoms with E-state index in [0.29, 0.717) is 39.0 Å². The number of hydrogen-bond acceptors (Lipinski definition) is 9. The van der Waals surface area contributed by atoms with Crippen LogP contribution in [0.5, 0.6) is 5.75 Å². The second-order valence-electron chi connectivity index (χ2n) is 10.6. The minimum atomic E-state index is -4.08. The van der Waals surface area contributed by atoms with Gasteiger partial charge in [0.25, 0.3) is 0 Å². The van der Waals surface area contributed by atoms with Crippen molar-refractivity contribution in [1.29, 1.82) is 0 Å². The Morgan fingerprint density at radius 2 is 1.90 bits per heavy atom. The topological polar surface area (TPSA) is 135 Å². The van der Waals surface area contributed by atoms with Gasteiger partial charge >= 0.3 is 0 Å². The molecule has 41 heavy (non-hydrogen) atoms. The van der Waals surface area contributed by atoms with Crippen LogP contribution in [0.2, 0.25) is 0 Å². The normalized spacial score (nSPS) is 21.2. The zero-order valence-electron chi connectivity index (χ0n) is 22.6. The predicted molar refractivity (Wildman–Crippen MR) is 151 cm³/mol. The summed E-state index contributed by atoms with van der Waals surface area (Å²) < 4.78 is 77.3. The molecule has 13 heteroatoms. The minimum absolute atomic E-state index is 0.0136. The van der Waals surface area contributed by atoms with Crippen LogP contribution in [-0.4, -0.2) is 87.3 Å². The van der Waals surface area contributed by atoms with E-state index in [4.69, 9.17) is 9.47 Å². The fraction of sp³-hybridized carbons (Fsp3) is 0.464. The van der Waals surface area contributed by atoms with Crippen LogP contribution in [0.25, 0.3) is 10.9 Å². The molecular weight excluding hydrogens is 573 g/mol. The Kier molecular flexibility index (Phi) is 8.65. The summed E-state index contributed by atoms with van der Waals surface area (Å²) in [5.41, 5.74) is -1.72. The summed E-state index contributed by atoms with van der Waals surface area (Å²) in [5.74, 6) is 0.219. The van der Waals surface area contributed by atoms with E-state index in [9.17, 15) is 26.3 Å². The van der Waals surface area contributed by atoms with Crippen molar-refractivity contribution in [2.45, 2.75) is 59.2 Å². The number of piperidine rings is 1. The molecule has 3 atom stereocenters. The van der Waals surface area contributed by atoms with E-state index in [0.717, 1.165) is 17.8 Å². The Hall–Kier alpha value is -2.68. The highest BCUT2D eigenvalue weighted by Crippen LogP contribution is 2.37. The number of rotatable bonds is 10. The van der Waals surface area contributed by atoms with Crippen LogP contribution in [0.3, 0.4) is 0 Å². The summed E-state index contributed by atoms with van der Waals surface area (Å²) in [4.78, 5) is 4.32. The lowest BCUT2D eigenvalue weighted by Gasteiger charge is -2.38. The number of pyridine rings is 1. The molecule has 0 radical (unpaired) electrons. The third-order valence-electron chi connectivity index (χ3n) is 7.70. The summed E-state index contributed by atoms with van der Waals surface area (Å²) in [6.07, 6.45) is 2.63. The van der Waals surface area contributed by atoms with Gasteiger partial charge in [-0.3, -0.25) is 4.98 Å². The number of fused-ring (bicyclic) bond motifs is 1. The molecule has 2 N–H and O–H groups in total. The van der Waals surface area contributed by atoms with E-state index in [1.165, 1.54) is 22.5 Å². The number of hydrogen-bond donors (Lipinski definition) is 2. The molecule has 2 fully saturated rings. The molecule has 2 unspecified atom stereocenters. The molecule has 5 rings (SSSR count). The Labute approximate surface area is 239 Å². The number of benzene rings is 2. The van der Waals surface area contributed by atoms with Crippen LogP contribution in [0, 0.1) is 0 Å². The molecule has 3 heterocycles. The molecule has 0 aliphatic carbocycles. The van der Waals surface area contributed by atoms with Gasteiger partial charge in [-0.2, -0.15) is 4.31 Å². The molecule has 3 aromatic rings. The highest BCUT2D eigenvalue weighted by Gasteiger charge is 2.44. The summed E-state index contributed by atoms with van der Waals surface area (Å²) in [7, 11) is -7.72. The van der Waals surface area contributed by atoms with Gasteiger partial charge in [0.15, 0.2) is 0 Å². The number of aliphatic hydroxyl groups excluding tert-OH is 1.